The molecule has 1 aliphatic rings. The van der Waals surface area contributed by atoms with Gasteiger partial charge in [0.25, 0.3) is 5.56 Å². The molecule has 0 N–H and O–H groups in total. The van der Waals surface area contributed by atoms with Gasteiger partial charge in [0.2, 0.25) is 0 Å². The van der Waals surface area contributed by atoms with E-state index in [1.165, 1.54) is 17.5 Å². The van der Waals surface area contributed by atoms with Crippen molar-refractivity contribution in [2.45, 2.75) is 47.0 Å². The van der Waals surface area contributed by atoms with Crippen LogP contribution in [0.3, 0.4) is 0 Å². The molecule has 28 heavy (non-hydrogen) atoms. The Bertz CT molecular complexity index is 874. The maximum atomic E-state index is 12.8. The fourth-order valence-electron chi connectivity index (χ4n) is 2.83. The molecule has 1 aromatic carbocycles. The predicted octanol–water partition coefficient (Wildman–Crippen LogP) is 4.58. The van der Waals surface area contributed by atoms with E-state index >= 15 is 0 Å². The zero-order chi connectivity index (χ0) is 19.1. The molecule has 149 valence electrons. The SMILES string of the molecule is CC.CC#CCOc1c(CC2CC2)nn(C)c(=O)c1-c1ccccc1C.[CH3-].[Y]. The molecule has 1 aliphatic carbocycles. The first-order valence-electron chi connectivity index (χ1n) is 9.30. The monoisotopic (exact) mass is 456 g/mol. The molecule has 0 amide bonds. The first-order valence-corrected chi connectivity index (χ1v) is 9.30. The molecule has 0 atom stereocenters. The van der Waals surface area contributed by atoms with Gasteiger partial charge >= 0.3 is 0 Å². The topological polar surface area (TPSA) is 44.1 Å². The number of hydrogen-bond donors (Lipinski definition) is 0. The Morgan fingerprint density at radius 2 is 1.89 bits per heavy atom. The number of nitrogens with zero attached hydrogens (tertiary/aromatic N) is 2. The van der Waals surface area contributed by atoms with E-state index in [2.05, 4.69) is 16.9 Å². The summed E-state index contributed by atoms with van der Waals surface area (Å²) in [5, 5.41) is 4.48. The summed E-state index contributed by atoms with van der Waals surface area (Å²) >= 11 is 0. The van der Waals surface area contributed by atoms with Crippen molar-refractivity contribution in [3.05, 3.63) is 53.3 Å². The molecule has 1 fully saturated rings. The van der Waals surface area contributed by atoms with Crippen molar-refractivity contribution in [1.82, 2.24) is 9.78 Å². The molecule has 0 unspecified atom stereocenters. The Morgan fingerprint density at radius 1 is 1.25 bits per heavy atom. The summed E-state index contributed by atoms with van der Waals surface area (Å²) in [6.07, 6.45) is 3.29. The zero-order valence-electron chi connectivity index (χ0n) is 18.0. The van der Waals surface area contributed by atoms with Crippen molar-refractivity contribution in [3.8, 4) is 28.7 Å². The average molecular weight is 456 g/mol. The van der Waals surface area contributed by atoms with Gasteiger partial charge in [-0.1, -0.05) is 44.0 Å². The maximum Gasteiger partial charge on any atom is 0.278 e. The van der Waals surface area contributed by atoms with Gasteiger partial charge in [0.05, 0.1) is 5.56 Å². The molecule has 1 aromatic heterocycles. The van der Waals surface area contributed by atoms with E-state index in [0.717, 1.165) is 23.2 Å². The third-order valence-corrected chi connectivity index (χ3v) is 4.33. The second-order valence-electron chi connectivity index (χ2n) is 6.26. The summed E-state index contributed by atoms with van der Waals surface area (Å²) < 4.78 is 7.36. The van der Waals surface area contributed by atoms with Gasteiger partial charge in [-0.25, -0.2) is 4.68 Å². The number of hydrogen-bond acceptors (Lipinski definition) is 3. The smallest absolute Gasteiger partial charge is 0.278 e. The minimum atomic E-state index is -0.136. The van der Waals surface area contributed by atoms with Gasteiger partial charge in [-0.15, -0.1) is 5.92 Å². The van der Waals surface area contributed by atoms with E-state index in [9.17, 15) is 4.79 Å². The maximum absolute atomic E-state index is 12.8. The Hall–Kier alpha value is -1.44. The quantitative estimate of drug-likeness (QED) is 0.489. The van der Waals surface area contributed by atoms with E-state index in [4.69, 9.17) is 4.74 Å². The third kappa shape index (κ3) is 6.57. The largest absolute Gasteiger partial charge is 0.478 e. The van der Waals surface area contributed by atoms with Crippen LogP contribution in [-0.2, 0) is 46.2 Å². The van der Waals surface area contributed by atoms with Crippen LogP contribution in [0, 0.1) is 32.1 Å². The Balaban J connectivity index is 0.00000177. The Morgan fingerprint density at radius 3 is 2.46 bits per heavy atom. The summed E-state index contributed by atoms with van der Waals surface area (Å²) in [7, 11) is 1.70. The van der Waals surface area contributed by atoms with Crippen LogP contribution >= 0.6 is 0 Å². The first-order chi connectivity index (χ1) is 12.6. The fraction of sp³-hybridized carbons (Fsp3) is 0.435. The number of aryl methyl sites for hydroxylation is 2. The van der Waals surface area contributed by atoms with Gasteiger partial charge in [-0.2, -0.15) is 5.10 Å². The van der Waals surface area contributed by atoms with Crippen LogP contribution in [0.15, 0.2) is 29.1 Å². The third-order valence-electron chi connectivity index (χ3n) is 4.33. The van der Waals surface area contributed by atoms with Gasteiger partial charge in [-0.3, -0.25) is 4.79 Å². The van der Waals surface area contributed by atoms with E-state index in [0.29, 0.717) is 17.2 Å². The van der Waals surface area contributed by atoms with Crippen molar-refractivity contribution in [1.29, 1.82) is 0 Å². The van der Waals surface area contributed by atoms with Crippen LogP contribution in [0.2, 0.25) is 0 Å². The van der Waals surface area contributed by atoms with Crippen LogP contribution in [-0.4, -0.2) is 16.4 Å². The normalized spacial score (nSPS) is 11.6. The minimum Gasteiger partial charge on any atom is -0.478 e. The molecule has 0 spiro atoms. The van der Waals surface area contributed by atoms with Crippen molar-refractivity contribution in [2.24, 2.45) is 13.0 Å². The van der Waals surface area contributed by atoms with E-state index in [1.807, 2.05) is 45.0 Å². The van der Waals surface area contributed by atoms with Crippen LogP contribution in [0.1, 0.15) is 44.9 Å². The summed E-state index contributed by atoms with van der Waals surface area (Å²) in [5.74, 6) is 6.99. The summed E-state index contributed by atoms with van der Waals surface area (Å²) in [5.41, 5.74) is 3.26. The Labute approximate surface area is 195 Å². The standard InChI is InChI=1S/C20H22N2O2.C2H6.CH3.Y/c1-4-5-12-24-19-17(13-15-10-11-15)21-22(3)20(23)18(19)16-9-7-6-8-14(16)2;1-2;;/h6-9,15H,10-13H2,1-3H3;1-2H3;1H3;/q;;-1;. The van der Waals surface area contributed by atoms with Crippen LogP contribution in [0.5, 0.6) is 5.75 Å². The molecule has 0 bridgehead atoms. The van der Waals surface area contributed by atoms with Gasteiger partial charge in [0.15, 0.2) is 5.75 Å². The zero-order valence-corrected chi connectivity index (χ0v) is 20.8. The van der Waals surface area contributed by atoms with Gasteiger partial charge in [0.1, 0.15) is 12.3 Å². The van der Waals surface area contributed by atoms with Crippen molar-refractivity contribution in [2.75, 3.05) is 6.61 Å². The second kappa shape index (κ2) is 12.9. The van der Waals surface area contributed by atoms with E-state index in [1.54, 1.807) is 14.0 Å². The van der Waals surface area contributed by atoms with Crippen molar-refractivity contribution in [3.63, 3.8) is 0 Å². The van der Waals surface area contributed by atoms with Crippen LogP contribution in [0.25, 0.3) is 11.1 Å². The number of rotatable bonds is 5. The summed E-state index contributed by atoms with van der Waals surface area (Å²) in [6, 6.07) is 7.88. The summed E-state index contributed by atoms with van der Waals surface area (Å²) in [6.45, 7) is 8.05. The molecule has 0 aliphatic heterocycles. The molecule has 2 aromatic rings. The number of ether oxygens (including phenoxy) is 1. The Kier molecular flexibility index (Phi) is 12.2. The van der Waals surface area contributed by atoms with E-state index in [-0.39, 0.29) is 52.3 Å². The van der Waals surface area contributed by atoms with Crippen LogP contribution in [0.4, 0.5) is 0 Å². The number of benzene rings is 1. The molecule has 1 heterocycles. The predicted molar refractivity (Wildman–Crippen MR) is 113 cm³/mol. The second-order valence-corrected chi connectivity index (χ2v) is 6.26. The molecule has 1 saturated carbocycles. The molecule has 5 heteroatoms. The van der Waals surface area contributed by atoms with Crippen molar-refractivity contribution < 1.29 is 37.4 Å². The van der Waals surface area contributed by atoms with Crippen molar-refractivity contribution >= 4 is 0 Å². The molecule has 1 radical (unpaired) electrons. The van der Waals surface area contributed by atoms with Gasteiger partial charge < -0.3 is 12.2 Å². The first kappa shape index (κ1) is 26.6. The molecule has 0 saturated heterocycles. The van der Waals surface area contributed by atoms with Gasteiger partial charge in [0, 0.05) is 39.8 Å². The molecular formula is C23H31N2O2Y-. The molecule has 3 rings (SSSR count). The molecular weight excluding hydrogens is 425 g/mol. The number of aromatic nitrogens is 2. The van der Waals surface area contributed by atoms with Gasteiger partial charge in [-0.05, 0) is 50.2 Å². The van der Waals surface area contributed by atoms with E-state index < -0.39 is 0 Å². The molecule has 4 nitrogen and oxygen atoms in total. The fourth-order valence-corrected chi connectivity index (χ4v) is 2.83. The summed E-state index contributed by atoms with van der Waals surface area (Å²) in [4.78, 5) is 12.8. The minimum absolute atomic E-state index is 0. The van der Waals surface area contributed by atoms with Crippen LogP contribution < -0.4 is 10.3 Å². The average Bonchev–Trinajstić information content (AvgIpc) is 3.46.